The van der Waals surface area contributed by atoms with Gasteiger partial charge < -0.3 is 24.2 Å². The molecule has 0 bridgehead atoms. The fourth-order valence-corrected chi connectivity index (χ4v) is 5.08. The molecule has 2 unspecified atom stereocenters. The smallest absolute Gasteiger partial charge is 0.329 e. The molecule has 0 aliphatic heterocycles. The average molecular weight is 536 g/mol. The van der Waals surface area contributed by atoms with Gasteiger partial charge in [0.05, 0.1) is 19.4 Å². The van der Waals surface area contributed by atoms with Crippen LogP contribution >= 0.6 is 7.60 Å². The van der Waals surface area contributed by atoms with Gasteiger partial charge in [-0.2, -0.15) is 0 Å². The second kappa shape index (κ2) is 26.2. The number of carbonyl (C=O) groups is 1. The van der Waals surface area contributed by atoms with Crippen LogP contribution in [-0.4, -0.2) is 56.5 Å². The Labute approximate surface area is 222 Å². The van der Waals surface area contributed by atoms with Gasteiger partial charge in [-0.3, -0.25) is 9.36 Å². The standard InChI is InChI=1S/C28H58NO6P/c1-4-6-7-8-9-10-11-12-13-14-15-16-17-18-19-20-23-33-25-27(35-28(30)21-5-2)26-34-36(31,32)24-22-29-3/h27,29H,4-26H2,1-3H3,(H,31,32). The second-order valence-electron chi connectivity index (χ2n) is 10.0. The lowest BCUT2D eigenvalue weighted by atomic mass is 10.0. The minimum absolute atomic E-state index is 0.0131. The monoisotopic (exact) mass is 535 g/mol. The third-order valence-corrected chi connectivity index (χ3v) is 7.65. The first-order chi connectivity index (χ1) is 17.4. The van der Waals surface area contributed by atoms with Gasteiger partial charge in [-0.05, 0) is 19.9 Å². The van der Waals surface area contributed by atoms with Crippen LogP contribution < -0.4 is 5.32 Å². The summed E-state index contributed by atoms with van der Waals surface area (Å²) in [4.78, 5) is 21.7. The van der Waals surface area contributed by atoms with Gasteiger partial charge in [-0.1, -0.05) is 110 Å². The number of unbranched alkanes of at least 4 members (excludes halogenated alkanes) is 15. The topological polar surface area (TPSA) is 94.1 Å². The van der Waals surface area contributed by atoms with Crippen molar-refractivity contribution in [1.82, 2.24) is 5.32 Å². The Morgan fingerprint density at radius 1 is 0.778 bits per heavy atom. The highest BCUT2D eigenvalue weighted by molar-refractivity contribution is 7.52. The predicted octanol–water partition coefficient (Wildman–Crippen LogP) is 7.40. The first-order valence-electron chi connectivity index (χ1n) is 14.8. The number of hydrogen-bond donors (Lipinski definition) is 2. The maximum atomic E-state index is 12.0. The number of ether oxygens (including phenoxy) is 2. The highest BCUT2D eigenvalue weighted by atomic mass is 31.2. The van der Waals surface area contributed by atoms with Gasteiger partial charge in [0.2, 0.25) is 0 Å². The van der Waals surface area contributed by atoms with E-state index in [0.29, 0.717) is 26.0 Å². The van der Waals surface area contributed by atoms with Crippen molar-refractivity contribution >= 4 is 13.6 Å². The average Bonchev–Trinajstić information content (AvgIpc) is 2.85. The molecule has 2 N–H and O–H groups in total. The molecule has 0 radical (unpaired) electrons. The molecule has 36 heavy (non-hydrogen) atoms. The molecule has 8 heteroatoms. The number of hydrogen-bond acceptors (Lipinski definition) is 6. The van der Waals surface area contributed by atoms with Gasteiger partial charge in [0.1, 0.15) is 6.10 Å². The molecule has 0 aromatic heterocycles. The van der Waals surface area contributed by atoms with Crippen LogP contribution in [0.4, 0.5) is 0 Å². The molecule has 0 aliphatic rings. The van der Waals surface area contributed by atoms with Crippen molar-refractivity contribution in [2.45, 2.75) is 136 Å². The van der Waals surface area contributed by atoms with E-state index in [0.717, 1.165) is 12.8 Å². The summed E-state index contributed by atoms with van der Waals surface area (Å²) in [5.74, 6) is -0.333. The van der Waals surface area contributed by atoms with Crippen molar-refractivity contribution in [3.63, 3.8) is 0 Å². The summed E-state index contributed by atoms with van der Waals surface area (Å²) in [6.45, 7) is 5.19. The van der Waals surface area contributed by atoms with Gasteiger partial charge in [-0.15, -0.1) is 0 Å². The summed E-state index contributed by atoms with van der Waals surface area (Å²) in [6, 6.07) is 0. The third kappa shape index (κ3) is 25.2. The van der Waals surface area contributed by atoms with Crippen LogP contribution in [0.15, 0.2) is 0 Å². The van der Waals surface area contributed by atoms with E-state index in [-0.39, 0.29) is 25.3 Å². The summed E-state index contributed by atoms with van der Waals surface area (Å²) in [6.07, 6.45) is 21.6. The molecule has 0 aromatic carbocycles. The fourth-order valence-electron chi connectivity index (χ4n) is 4.05. The fraction of sp³-hybridized carbons (Fsp3) is 0.964. The normalized spacial score (nSPS) is 14.0. The van der Waals surface area contributed by atoms with E-state index in [1.165, 1.54) is 89.9 Å². The molecular weight excluding hydrogens is 477 g/mol. The Bertz CT molecular complexity index is 534. The second-order valence-corrected chi connectivity index (χ2v) is 12.0. The lowest BCUT2D eigenvalue weighted by molar-refractivity contribution is -0.154. The molecule has 2 atom stereocenters. The highest BCUT2D eigenvalue weighted by Gasteiger charge is 2.23. The van der Waals surface area contributed by atoms with Crippen molar-refractivity contribution in [2.75, 3.05) is 39.6 Å². The Morgan fingerprint density at radius 3 is 1.75 bits per heavy atom. The lowest BCUT2D eigenvalue weighted by Gasteiger charge is -2.20. The van der Waals surface area contributed by atoms with E-state index in [1.807, 2.05) is 6.92 Å². The first kappa shape index (κ1) is 35.5. The van der Waals surface area contributed by atoms with Crippen LogP contribution in [0.3, 0.4) is 0 Å². The zero-order valence-electron chi connectivity index (χ0n) is 23.8. The van der Waals surface area contributed by atoms with E-state index in [4.69, 9.17) is 14.0 Å². The van der Waals surface area contributed by atoms with Crippen LogP contribution in [0.2, 0.25) is 0 Å². The molecule has 0 heterocycles. The lowest BCUT2D eigenvalue weighted by Crippen LogP contribution is -2.28. The number of rotatable bonds is 28. The maximum Gasteiger partial charge on any atom is 0.329 e. The molecule has 0 saturated heterocycles. The first-order valence-corrected chi connectivity index (χ1v) is 16.6. The van der Waals surface area contributed by atoms with Crippen LogP contribution in [0.25, 0.3) is 0 Å². The van der Waals surface area contributed by atoms with Gasteiger partial charge in [0.25, 0.3) is 0 Å². The third-order valence-electron chi connectivity index (χ3n) is 6.30. The van der Waals surface area contributed by atoms with E-state index < -0.39 is 13.7 Å². The zero-order chi connectivity index (χ0) is 26.7. The van der Waals surface area contributed by atoms with Crippen molar-refractivity contribution in [2.24, 2.45) is 0 Å². The summed E-state index contributed by atoms with van der Waals surface area (Å²) >= 11 is 0. The van der Waals surface area contributed by atoms with Crippen LogP contribution in [-0.2, 0) is 23.4 Å². The maximum absolute atomic E-state index is 12.0. The van der Waals surface area contributed by atoms with E-state index in [1.54, 1.807) is 7.05 Å². The molecular formula is C28H58NO6P. The van der Waals surface area contributed by atoms with E-state index in [2.05, 4.69) is 12.2 Å². The SMILES string of the molecule is CCCCCCCCCCCCCCCCCCOCC(COP(=O)(O)CCNC)OC(=O)CCC. The van der Waals surface area contributed by atoms with Crippen LogP contribution in [0.5, 0.6) is 0 Å². The van der Waals surface area contributed by atoms with Gasteiger partial charge in [0.15, 0.2) is 0 Å². The van der Waals surface area contributed by atoms with Crippen LogP contribution in [0, 0.1) is 0 Å². The number of esters is 1. The minimum Gasteiger partial charge on any atom is -0.457 e. The minimum atomic E-state index is -3.71. The van der Waals surface area contributed by atoms with Crippen molar-refractivity contribution < 1.29 is 28.3 Å². The molecule has 0 spiro atoms. The summed E-state index contributed by atoms with van der Waals surface area (Å²) in [5.41, 5.74) is 0. The summed E-state index contributed by atoms with van der Waals surface area (Å²) < 4.78 is 28.3. The predicted molar refractivity (Wildman–Crippen MR) is 150 cm³/mol. The molecule has 0 aliphatic carbocycles. The molecule has 0 rings (SSSR count). The largest absolute Gasteiger partial charge is 0.457 e. The summed E-state index contributed by atoms with van der Waals surface area (Å²) in [7, 11) is -2.00. The van der Waals surface area contributed by atoms with Gasteiger partial charge in [0, 0.05) is 19.6 Å². The molecule has 0 fully saturated rings. The van der Waals surface area contributed by atoms with Crippen LogP contribution in [0.1, 0.15) is 129 Å². The molecule has 0 saturated carbocycles. The Balaban J connectivity index is 3.73. The zero-order valence-corrected chi connectivity index (χ0v) is 24.7. The number of nitrogens with one attached hydrogen (secondary N) is 1. The van der Waals surface area contributed by atoms with Gasteiger partial charge >= 0.3 is 13.6 Å². The van der Waals surface area contributed by atoms with Crippen molar-refractivity contribution in [1.29, 1.82) is 0 Å². The Kier molecular flexibility index (Phi) is 25.8. The quantitative estimate of drug-likeness (QED) is 0.0612. The highest BCUT2D eigenvalue weighted by Crippen LogP contribution is 2.41. The van der Waals surface area contributed by atoms with E-state index in [9.17, 15) is 14.3 Å². The molecule has 0 amide bonds. The number of carbonyl (C=O) groups excluding carboxylic acids is 1. The summed E-state index contributed by atoms with van der Waals surface area (Å²) in [5, 5.41) is 2.83. The van der Waals surface area contributed by atoms with E-state index >= 15 is 0 Å². The van der Waals surface area contributed by atoms with Crippen molar-refractivity contribution in [3.05, 3.63) is 0 Å². The molecule has 216 valence electrons. The Morgan fingerprint density at radius 2 is 1.28 bits per heavy atom. The molecule has 0 aromatic rings. The van der Waals surface area contributed by atoms with Crippen molar-refractivity contribution in [3.8, 4) is 0 Å². The molecule has 7 nitrogen and oxygen atoms in total. The van der Waals surface area contributed by atoms with Gasteiger partial charge in [-0.25, -0.2) is 0 Å². The Hall–Kier alpha value is -0.460.